The third kappa shape index (κ3) is 4.02. The fourth-order valence-electron chi connectivity index (χ4n) is 6.98. The Bertz CT molecular complexity index is 2070. The van der Waals surface area contributed by atoms with Gasteiger partial charge in [0.25, 0.3) is 0 Å². The number of hydrogen-bond donors (Lipinski definition) is 0. The molecule has 0 aliphatic heterocycles. The van der Waals surface area contributed by atoms with Crippen LogP contribution in [0.2, 0.25) is 0 Å². The van der Waals surface area contributed by atoms with Crippen molar-refractivity contribution >= 4 is 28.0 Å². The lowest BCUT2D eigenvalue weighted by atomic mass is 9.81. The van der Waals surface area contributed by atoms with Gasteiger partial charge in [-0.15, -0.1) is 0 Å². The van der Waals surface area contributed by atoms with Crippen molar-refractivity contribution in [3.63, 3.8) is 0 Å². The second-order valence-corrected chi connectivity index (χ2v) is 11.9. The number of aromatic nitrogens is 1. The first-order chi connectivity index (χ1) is 21.1. The first-order valence-electron chi connectivity index (χ1n) is 15.0. The fourth-order valence-corrected chi connectivity index (χ4v) is 6.98. The fraction of sp³-hybridized carbons (Fsp3) is 0.0732. The summed E-state index contributed by atoms with van der Waals surface area (Å²) in [5, 5.41) is 1.29. The van der Waals surface area contributed by atoms with Gasteiger partial charge in [-0.05, 0) is 76.9 Å². The van der Waals surface area contributed by atoms with Gasteiger partial charge in [0, 0.05) is 39.1 Å². The molecule has 0 unspecified atom stereocenters. The molecule has 8 rings (SSSR count). The summed E-state index contributed by atoms with van der Waals surface area (Å²) in [7, 11) is 0. The van der Waals surface area contributed by atoms with Crippen molar-refractivity contribution < 1.29 is 0 Å². The van der Waals surface area contributed by atoms with E-state index in [1.165, 1.54) is 50.1 Å². The molecule has 43 heavy (non-hydrogen) atoms. The number of fused-ring (bicyclic) bond motifs is 5. The van der Waals surface area contributed by atoms with Gasteiger partial charge in [0.1, 0.15) is 0 Å². The summed E-state index contributed by atoms with van der Waals surface area (Å²) in [6.45, 7) is 4.74. The molecule has 1 aromatic heterocycles. The van der Waals surface area contributed by atoms with Crippen LogP contribution in [0.1, 0.15) is 25.0 Å². The van der Waals surface area contributed by atoms with Gasteiger partial charge in [-0.3, -0.25) is 0 Å². The van der Waals surface area contributed by atoms with Crippen LogP contribution in [0.15, 0.2) is 158 Å². The quantitative estimate of drug-likeness (QED) is 0.206. The van der Waals surface area contributed by atoms with Gasteiger partial charge in [0.05, 0.1) is 11.2 Å². The van der Waals surface area contributed by atoms with Gasteiger partial charge >= 0.3 is 0 Å². The summed E-state index contributed by atoms with van der Waals surface area (Å²) in [6.07, 6.45) is 0. The first-order valence-corrected chi connectivity index (χ1v) is 15.0. The summed E-state index contributed by atoms with van der Waals surface area (Å²) in [6, 6.07) is 56.8. The molecule has 7 aromatic rings. The van der Waals surface area contributed by atoms with E-state index < -0.39 is 0 Å². The number of para-hydroxylation sites is 2. The average molecular weight is 553 g/mol. The highest BCUT2D eigenvalue weighted by Crippen LogP contribution is 2.54. The van der Waals surface area contributed by atoms with Crippen molar-refractivity contribution in [3.05, 3.63) is 169 Å². The van der Waals surface area contributed by atoms with Crippen LogP contribution in [0.4, 0.5) is 17.1 Å². The highest BCUT2D eigenvalue weighted by molar-refractivity contribution is 6.01. The monoisotopic (exact) mass is 552 g/mol. The molecular formula is C41H32N2. The Labute approximate surface area is 253 Å². The Kier molecular flexibility index (Phi) is 5.84. The summed E-state index contributed by atoms with van der Waals surface area (Å²) >= 11 is 0. The Morgan fingerprint density at radius 2 is 1.07 bits per heavy atom. The van der Waals surface area contributed by atoms with E-state index in [-0.39, 0.29) is 5.41 Å². The maximum Gasteiger partial charge on any atom is 0.0585 e. The van der Waals surface area contributed by atoms with Crippen LogP contribution in [0.3, 0.4) is 0 Å². The van der Waals surface area contributed by atoms with Crippen molar-refractivity contribution in [1.29, 1.82) is 0 Å². The molecule has 6 aromatic carbocycles. The maximum absolute atomic E-state index is 2.46. The minimum atomic E-state index is -0.127. The van der Waals surface area contributed by atoms with E-state index in [0.29, 0.717) is 0 Å². The number of hydrogen-bond acceptors (Lipinski definition) is 1. The lowest BCUT2D eigenvalue weighted by Gasteiger charge is -2.26. The van der Waals surface area contributed by atoms with Crippen LogP contribution >= 0.6 is 0 Å². The third-order valence-electron chi connectivity index (χ3n) is 8.95. The number of benzene rings is 6. The Morgan fingerprint density at radius 3 is 1.79 bits per heavy atom. The van der Waals surface area contributed by atoms with Gasteiger partial charge in [-0.25, -0.2) is 0 Å². The first kappa shape index (κ1) is 25.4. The molecule has 0 N–H and O–H groups in total. The van der Waals surface area contributed by atoms with Crippen molar-refractivity contribution in [2.24, 2.45) is 0 Å². The Balaban J connectivity index is 1.35. The molecule has 2 nitrogen and oxygen atoms in total. The molecule has 1 aliphatic rings. The van der Waals surface area contributed by atoms with E-state index in [2.05, 4.69) is 181 Å². The minimum Gasteiger partial charge on any atom is -0.310 e. The number of anilines is 3. The van der Waals surface area contributed by atoms with Gasteiger partial charge in [0.15, 0.2) is 0 Å². The minimum absolute atomic E-state index is 0.127. The van der Waals surface area contributed by atoms with Crippen LogP contribution in [0, 0.1) is 0 Å². The highest BCUT2D eigenvalue weighted by Gasteiger charge is 2.40. The largest absolute Gasteiger partial charge is 0.310 e. The predicted octanol–water partition coefficient (Wildman–Crippen LogP) is 11.1. The van der Waals surface area contributed by atoms with Gasteiger partial charge in [-0.2, -0.15) is 0 Å². The SMILES string of the molecule is CC1(C)c2ccccc2-c2c1c1cc(N(c3ccccc3)c3ccc(-c4ccccc4)cc3)ccc1n2-c1ccccc1. The molecule has 1 heterocycles. The lowest BCUT2D eigenvalue weighted by molar-refractivity contribution is 0.666. The highest BCUT2D eigenvalue weighted by atomic mass is 15.1. The molecule has 0 amide bonds. The molecule has 0 saturated heterocycles. The Morgan fingerprint density at radius 1 is 0.512 bits per heavy atom. The zero-order valence-corrected chi connectivity index (χ0v) is 24.4. The summed E-state index contributed by atoms with van der Waals surface area (Å²) in [4.78, 5) is 2.37. The topological polar surface area (TPSA) is 8.17 Å². The molecule has 2 heteroatoms. The van der Waals surface area contributed by atoms with E-state index in [0.717, 1.165) is 17.1 Å². The molecule has 206 valence electrons. The molecular weight excluding hydrogens is 520 g/mol. The van der Waals surface area contributed by atoms with E-state index in [1.807, 2.05) is 0 Å². The van der Waals surface area contributed by atoms with E-state index in [1.54, 1.807) is 0 Å². The third-order valence-corrected chi connectivity index (χ3v) is 8.95. The van der Waals surface area contributed by atoms with E-state index in [9.17, 15) is 0 Å². The molecule has 0 fully saturated rings. The summed E-state index contributed by atoms with van der Waals surface area (Å²) in [5.41, 5.74) is 13.5. The van der Waals surface area contributed by atoms with Crippen LogP contribution in [0.25, 0.3) is 39.0 Å². The zero-order valence-electron chi connectivity index (χ0n) is 24.4. The van der Waals surface area contributed by atoms with Crippen molar-refractivity contribution in [3.8, 4) is 28.1 Å². The van der Waals surface area contributed by atoms with Crippen LogP contribution in [-0.2, 0) is 5.41 Å². The van der Waals surface area contributed by atoms with E-state index >= 15 is 0 Å². The standard InChI is InChI=1S/C41H32N2/c1-41(2)37-21-13-12-20-35(37)40-39(41)36-28-34(26-27-38(36)43(40)32-18-10-5-11-19-32)42(31-16-8-4-9-17-31)33-24-22-30(23-25-33)29-14-6-3-7-15-29/h3-28H,1-2H3. The Hall–Kier alpha value is -5.34. The molecule has 0 radical (unpaired) electrons. The molecule has 0 saturated carbocycles. The van der Waals surface area contributed by atoms with Gasteiger partial charge < -0.3 is 9.47 Å². The normalized spacial score (nSPS) is 13.1. The van der Waals surface area contributed by atoms with Crippen molar-refractivity contribution in [2.45, 2.75) is 19.3 Å². The number of rotatable bonds is 5. The second kappa shape index (κ2) is 9.89. The smallest absolute Gasteiger partial charge is 0.0585 e. The van der Waals surface area contributed by atoms with Crippen LogP contribution < -0.4 is 4.90 Å². The summed E-state index contributed by atoms with van der Waals surface area (Å²) in [5.74, 6) is 0. The molecule has 1 aliphatic carbocycles. The molecule has 0 bridgehead atoms. The van der Waals surface area contributed by atoms with Gasteiger partial charge in [0.2, 0.25) is 0 Å². The van der Waals surface area contributed by atoms with E-state index in [4.69, 9.17) is 0 Å². The van der Waals surface area contributed by atoms with Crippen LogP contribution in [0.5, 0.6) is 0 Å². The van der Waals surface area contributed by atoms with Crippen molar-refractivity contribution in [1.82, 2.24) is 4.57 Å². The average Bonchev–Trinajstić information content (AvgIpc) is 3.53. The zero-order chi connectivity index (χ0) is 29.0. The maximum atomic E-state index is 2.46. The molecule has 0 atom stereocenters. The lowest BCUT2D eigenvalue weighted by Crippen LogP contribution is -2.15. The predicted molar refractivity (Wildman–Crippen MR) is 181 cm³/mol. The number of nitrogens with zero attached hydrogens (tertiary/aromatic N) is 2. The van der Waals surface area contributed by atoms with Crippen LogP contribution in [-0.4, -0.2) is 4.57 Å². The summed E-state index contributed by atoms with van der Waals surface area (Å²) < 4.78 is 2.46. The van der Waals surface area contributed by atoms with Crippen molar-refractivity contribution in [2.75, 3.05) is 4.90 Å². The van der Waals surface area contributed by atoms with Gasteiger partial charge in [-0.1, -0.05) is 117 Å². The second-order valence-electron chi connectivity index (χ2n) is 11.9. The molecule has 0 spiro atoms.